The lowest BCUT2D eigenvalue weighted by molar-refractivity contribution is 0.231. The summed E-state index contributed by atoms with van der Waals surface area (Å²) in [4.78, 5) is 0. The first kappa shape index (κ1) is 19.1. The summed E-state index contributed by atoms with van der Waals surface area (Å²) in [7, 11) is -1.63. The molecule has 132 valence electrons. The fraction of sp³-hybridized carbons (Fsp3) is 0.444. The molecule has 0 saturated heterocycles. The standard InChI is InChI=1S/C18H26N2O2S2/c1-18(2,3)16(19-4)14-20(13-15-9-6-5-7-10-15)24(21,22)17-11-8-12-23-17/h5-12,16,19H,13-14H2,1-4H3/t16-/m1/s1. The Morgan fingerprint density at radius 2 is 1.79 bits per heavy atom. The summed E-state index contributed by atoms with van der Waals surface area (Å²) in [6.45, 7) is 7.15. The molecule has 0 saturated carbocycles. The zero-order chi connectivity index (χ0) is 17.8. The molecule has 0 spiro atoms. The highest BCUT2D eigenvalue weighted by atomic mass is 32.2. The Bertz CT molecular complexity index is 720. The van der Waals surface area contributed by atoms with Crippen LogP contribution >= 0.6 is 11.3 Å². The van der Waals surface area contributed by atoms with Crippen LogP contribution in [0.5, 0.6) is 0 Å². The van der Waals surface area contributed by atoms with Crippen LogP contribution in [0.25, 0.3) is 0 Å². The van der Waals surface area contributed by atoms with Crippen LogP contribution in [-0.4, -0.2) is 32.4 Å². The van der Waals surface area contributed by atoms with Crippen molar-refractivity contribution in [1.29, 1.82) is 0 Å². The molecule has 0 aliphatic carbocycles. The van der Waals surface area contributed by atoms with Crippen LogP contribution in [0.3, 0.4) is 0 Å². The number of nitrogens with zero attached hydrogens (tertiary/aromatic N) is 1. The lowest BCUT2D eigenvalue weighted by atomic mass is 9.87. The predicted octanol–water partition coefficient (Wildman–Crippen LogP) is 3.57. The van der Waals surface area contributed by atoms with E-state index in [0.29, 0.717) is 17.3 Å². The van der Waals surface area contributed by atoms with Gasteiger partial charge >= 0.3 is 0 Å². The van der Waals surface area contributed by atoms with E-state index in [2.05, 4.69) is 26.1 Å². The van der Waals surface area contributed by atoms with Crippen molar-refractivity contribution >= 4 is 21.4 Å². The van der Waals surface area contributed by atoms with Crippen LogP contribution < -0.4 is 5.32 Å². The van der Waals surface area contributed by atoms with E-state index < -0.39 is 10.0 Å². The Kier molecular flexibility index (Phi) is 6.20. The van der Waals surface area contributed by atoms with E-state index in [-0.39, 0.29) is 11.5 Å². The van der Waals surface area contributed by atoms with Gasteiger partial charge in [0.1, 0.15) is 4.21 Å². The maximum atomic E-state index is 13.1. The molecule has 0 bridgehead atoms. The third kappa shape index (κ3) is 4.66. The number of likely N-dealkylation sites (N-methyl/N-ethyl adjacent to an activating group) is 1. The Morgan fingerprint density at radius 1 is 1.12 bits per heavy atom. The van der Waals surface area contributed by atoms with Gasteiger partial charge in [-0.05, 0) is 29.5 Å². The maximum absolute atomic E-state index is 13.1. The number of nitrogens with one attached hydrogen (secondary N) is 1. The summed E-state index contributed by atoms with van der Waals surface area (Å²) in [6.07, 6.45) is 0. The largest absolute Gasteiger partial charge is 0.315 e. The molecule has 0 fully saturated rings. The van der Waals surface area contributed by atoms with Crippen LogP contribution in [0.4, 0.5) is 0 Å². The van der Waals surface area contributed by atoms with Gasteiger partial charge in [-0.3, -0.25) is 0 Å². The fourth-order valence-corrected chi connectivity index (χ4v) is 5.16. The topological polar surface area (TPSA) is 49.4 Å². The number of hydrogen-bond donors (Lipinski definition) is 1. The molecule has 1 aromatic carbocycles. The van der Waals surface area contributed by atoms with Gasteiger partial charge in [-0.1, -0.05) is 57.2 Å². The summed E-state index contributed by atoms with van der Waals surface area (Å²) < 4.78 is 28.1. The first-order valence-electron chi connectivity index (χ1n) is 8.00. The molecule has 1 atom stereocenters. The van der Waals surface area contributed by atoms with Gasteiger partial charge in [0.2, 0.25) is 0 Å². The van der Waals surface area contributed by atoms with Crippen LogP contribution in [0.15, 0.2) is 52.1 Å². The number of hydrogen-bond acceptors (Lipinski definition) is 4. The molecular formula is C18H26N2O2S2. The van der Waals surface area contributed by atoms with E-state index in [1.807, 2.05) is 37.4 Å². The maximum Gasteiger partial charge on any atom is 0.252 e. The van der Waals surface area contributed by atoms with Gasteiger partial charge < -0.3 is 5.32 Å². The van der Waals surface area contributed by atoms with E-state index in [1.54, 1.807) is 21.8 Å². The van der Waals surface area contributed by atoms with Gasteiger partial charge in [0.15, 0.2) is 0 Å². The summed E-state index contributed by atoms with van der Waals surface area (Å²) in [5.74, 6) is 0. The Balaban J connectivity index is 2.34. The Hall–Kier alpha value is -1.21. The minimum absolute atomic E-state index is 0.0470. The van der Waals surface area contributed by atoms with E-state index in [0.717, 1.165) is 5.56 Å². The van der Waals surface area contributed by atoms with Gasteiger partial charge in [0.05, 0.1) is 0 Å². The van der Waals surface area contributed by atoms with E-state index in [4.69, 9.17) is 0 Å². The monoisotopic (exact) mass is 366 g/mol. The molecule has 6 heteroatoms. The predicted molar refractivity (Wildman–Crippen MR) is 101 cm³/mol. The van der Waals surface area contributed by atoms with Crippen molar-refractivity contribution < 1.29 is 8.42 Å². The Labute approximate surface area is 149 Å². The minimum Gasteiger partial charge on any atom is -0.315 e. The normalized spacial score (nSPS) is 14.0. The highest BCUT2D eigenvalue weighted by Gasteiger charge is 2.32. The summed E-state index contributed by atoms with van der Waals surface area (Å²) in [6, 6.07) is 13.2. The average Bonchev–Trinajstić information content (AvgIpc) is 3.06. The van der Waals surface area contributed by atoms with E-state index >= 15 is 0 Å². The second-order valence-electron chi connectivity index (χ2n) is 6.92. The third-order valence-electron chi connectivity index (χ3n) is 4.07. The smallest absolute Gasteiger partial charge is 0.252 e. The zero-order valence-corrected chi connectivity index (χ0v) is 16.3. The molecule has 1 heterocycles. The zero-order valence-electron chi connectivity index (χ0n) is 14.7. The highest BCUT2D eigenvalue weighted by molar-refractivity contribution is 7.91. The molecule has 1 aromatic heterocycles. The van der Waals surface area contributed by atoms with E-state index in [9.17, 15) is 8.42 Å². The highest BCUT2D eigenvalue weighted by Crippen LogP contribution is 2.26. The second kappa shape index (κ2) is 7.78. The number of thiophene rings is 1. The van der Waals surface area contributed by atoms with Gasteiger partial charge in [0.25, 0.3) is 10.0 Å². The van der Waals surface area contributed by atoms with Crippen molar-refractivity contribution in [3.05, 3.63) is 53.4 Å². The van der Waals surface area contributed by atoms with Crippen molar-refractivity contribution in [3.8, 4) is 0 Å². The van der Waals surface area contributed by atoms with Crippen molar-refractivity contribution in [1.82, 2.24) is 9.62 Å². The van der Waals surface area contributed by atoms with E-state index in [1.165, 1.54) is 11.3 Å². The Morgan fingerprint density at radius 3 is 2.29 bits per heavy atom. The van der Waals surface area contributed by atoms with Gasteiger partial charge in [-0.15, -0.1) is 11.3 Å². The average molecular weight is 367 g/mol. The van der Waals surface area contributed by atoms with Crippen LogP contribution in [0, 0.1) is 5.41 Å². The summed E-state index contributed by atoms with van der Waals surface area (Å²) in [5.41, 5.74) is 0.940. The lowest BCUT2D eigenvalue weighted by Crippen LogP contribution is -2.48. The molecule has 0 unspecified atom stereocenters. The number of sulfonamides is 1. The number of benzene rings is 1. The third-order valence-corrected chi connectivity index (χ3v) is 7.26. The molecule has 2 rings (SSSR count). The van der Waals surface area contributed by atoms with Crippen LogP contribution in [-0.2, 0) is 16.6 Å². The molecule has 4 nitrogen and oxygen atoms in total. The summed E-state index contributed by atoms with van der Waals surface area (Å²) >= 11 is 1.26. The first-order valence-corrected chi connectivity index (χ1v) is 10.3. The van der Waals surface area contributed by atoms with Crippen molar-refractivity contribution in [2.45, 2.75) is 37.6 Å². The van der Waals surface area contributed by atoms with Crippen molar-refractivity contribution in [2.75, 3.05) is 13.6 Å². The molecule has 1 N–H and O–H groups in total. The molecule has 0 aliphatic heterocycles. The van der Waals surface area contributed by atoms with Crippen LogP contribution in [0.1, 0.15) is 26.3 Å². The van der Waals surface area contributed by atoms with Crippen molar-refractivity contribution in [3.63, 3.8) is 0 Å². The summed E-state index contributed by atoms with van der Waals surface area (Å²) in [5, 5.41) is 5.07. The van der Waals surface area contributed by atoms with Crippen molar-refractivity contribution in [2.24, 2.45) is 5.41 Å². The van der Waals surface area contributed by atoms with Crippen LogP contribution in [0.2, 0.25) is 0 Å². The quantitative estimate of drug-likeness (QED) is 0.815. The number of rotatable bonds is 7. The van der Waals surface area contributed by atoms with Gasteiger partial charge in [0, 0.05) is 19.1 Å². The second-order valence-corrected chi connectivity index (χ2v) is 10.0. The molecule has 24 heavy (non-hydrogen) atoms. The molecular weight excluding hydrogens is 340 g/mol. The SMILES string of the molecule is CN[C@H](CN(Cc1ccccc1)S(=O)(=O)c1cccs1)C(C)(C)C. The van der Waals surface area contributed by atoms with Gasteiger partial charge in [-0.25, -0.2) is 8.42 Å². The minimum atomic E-state index is -3.51. The molecule has 0 amide bonds. The first-order chi connectivity index (χ1) is 11.2. The fourth-order valence-electron chi connectivity index (χ4n) is 2.57. The molecule has 0 radical (unpaired) electrons. The van der Waals surface area contributed by atoms with Gasteiger partial charge in [-0.2, -0.15) is 4.31 Å². The lowest BCUT2D eigenvalue weighted by Gasteiger charge is -2.34. The molecule has 0 aliphatic rings. The molecule has 2 aromatic rings.